The van der Waals surface area contributed by atoms with Gasteiger partial charge in [-0.25, -0.2) is 4.79 Å². The molecular formula is C20H24N2O3. The van der Waals surface area contributed by atoms with Crippen LogP contribution < -0.4 is 10.6 Å². The van der Waals surface area contributed by atoms with Gasteiger partial charge in [0.25, 0.3) is 0 Å². The Labute approximate surface area is 147 Å². The molecule has 2 N–H and O–H groups in total. The van der Waals surface area contributed by atoms with Gasteiger partial charge in [-0.05, 0) is 24.1 Å². The summed E-state index contributed by atoms with van der Waals surface area (Å²) in [6.45, 7) is 5.11. The van der Waals surface area contributed by atoms with Crippen LogP contribution in [0.5, 0.6) is 0 Å². The normalized spacial score (nSPS) is 27.8. The zero-order valence-electron chi connectivity index (χ0n) is 14.6. The fourth-order valence-electron chi connectivity index (χ4n) is 4.35. The van der Waals surface area contributed by atoms with Gasteiger partial charge in [-0.2, -0.15) is 0 Å². The van der Waals surface area contributed by atoms with Gasteiger partial charge in [0, 0.05) is 24.0 Å². The van der Waals surface area contributed by atoms with E-state index in [9.17, 15) is 4.79 Å². The molecule has 4 rings (SSSR count). The average molecular weight is 340 g/mol. The molecule has 1 saturated carbocycles. The monoisotopic (exact) mass is 340 g/mol. The zero-order chi connectivity index (χ0) is 17.4. The molecule has 2 aliphatic rings. The molecule has 1 aromatic carbocycles. The number of rotatable bonds is 4. The van der Waals surface area contributed by atoms with Gasteiger partial charge < -0.3 is 19.8 Å². The molecule has 2 heterocycles. The van der Waals surface area contributed by atoms with E-state index >= 15 is 0 Å². The van der Waals surface area contributed by atoms with Gasteiger partial charge in [-0.3, -0.25) is 0 Å². The number of carbonyl (C=O) groups is 1. The topological polar surface area (TPSA) is 63.5 Å². The fourth-order valence-corrected chi connectivity index (χ4v) is 4.35. The first-order chi connectivity index (χ1) is 12.1. The Morgan fingerprint density at radius 3 is 2.72 bits per heavy atom. The number of hydrogen-bond acceptors (Lipinski definition) is 3. The largest absolute Gasteiger partial charge is 0.467 e. The molecular weight excluding hydrogens is 316 g/mol. The van der Waals surface area contributed by atoms with Crippen molar-refractivity contribution in [1.82, 2.24) is 10.6 Å². The third-order valence-corrected chi connectivity index (χ3v) is 5.62. The summed E-state index contributed by atoms with van der Waals surface area (Å²) in [5, 5.41) is 6.24. The minimum absolute atomic E-state index is 0.0363. The van der Waals surface area contributed by atoms with Gasteiger partial charge in [0.15, 0.2) is 0 Å². The molecule has 2 aromatic rings. The summed E-state index contributed by atoms with van der Waals surface area (Å²) in [7, 11) is 0. The lowest BCUT2D eigenvalue weighted by Gasteiger charge is -2.54. The number of benzene rings is 1. The van der Waals surface area contributed by atoms with Crippen LogP contribution in [0.3, 0.4) is 0 Å². The molecule has 4 atom stereocenters. The Morgan fingerprint density at radius 2 is 2.00 bits per heavy atom. The molecule has 1 aromatic heterocycles. The van der Waals surface area contributed by atoms with Crippen molar-refractivity contribution < 1.29 is 13.9 Å². The van der Waals surface area contributed by atoms with Crippen molar-refractivity contribution in [3.05, 3.63) is 60.1 Å². The van der Waals surface area contributed by atoms with Crippen LogP contribution in [0.1, 0.15) is 37.6 Å². The standard InChI is InChI=1S/C20H24N2O3/c1-20(2)17(14-10-12-25-18(14)20)22-19(23)21-16(15-9-6-11-24-15)13-7-4-3-5-8-13/h3-9,11,14,16-18H,10,12H2,1-2H3,(H2,21,22,23). The Hall–Kier alpha value is -2.27. The van der Waals surface area contributed by atoms with Gasteiger partial charge in [0.2, 0.25) is 0 Å². The second kappa shape index (κ2) is 6.23. The van der Waals surface area contributed by atoms with Gasteiger partial charge in [0.1, 0.15) is 11.8 Å². The average Bonchev–Trinajstić information content (AvgIpc) is 3.29. The smallest absolute Gasteiger partial charge is 0.315 e. The van der Waals surface area contributed by atoms with E-state index in [1.54, 1.807) is 6.26 Å². The van der Waals surface area contributed by atoms with Crippen LogP contribution >= 0.6 is 0 Å². The number of nitrogens with one attached hydrogen (secondary N) is 2. The van der Waals surface area contributed by atoms with E-state index in [-0.39, 0.29) is 29.6 Å². The highest BCUT2D eigenvalue weighted by Crippen LogP contribution is 2.52. The van der Waals surface area contributed by atoms with E-state index < -0.39 is 0 Å². The van der Waals surface area contributed by atoms with Crippen molar-refractivity contribution in [2.45, 2.75) is 38.5 Å². The number of hydrogen-bond donors (Lipinski definition) is 2. The van der Waals surface area contributed by atoms with Crippen molar-refractivity contribution in [3.8, 4) is 0 Å². The molecule has 1 aliphatic heterocycles. The fraction of sp³-hybridized carbons (Fsp3) is 0.450. The second-order valence-electron chi connectivity index (χ2n) is 7.52. The summed E-state index contributed by atoms with van der Waals surface area (Å²) in [4.78, 5) is 12.7. The van der Waals surface area contributed by atoms with E-state index in [1.165, 1.54) is 0 Å². The molecule has 132 valence electrons. The molecule has 2 fully saturated rings. The van der Waals surface area contributed by atoms with Crippen molar-refractivity contribution >= 4 is 6.03 Å². The summed E-state index contributed by atoms with van der Waals surface area (Å²) in [6, 6.07) is 13.2. The molecule has 0 spiro atoms. The highest BCUT2D eigenvalue weighted by Gasteiger charge is 2.59. The number of fused-ring (bicyclic) bond motifs is 1. The van der Waals surface area contributed by atoms with Gasteiger partial charge in [-0.15, -0.1) is 0 Å². The SMILES string of the molecule is CC1(C)C(NC(=O)NC(c2ccccc2)c2ccco2)C2CCOC21. The third-order valence-electron chi connectivity index (χ3n) is 5.62. The van der Waals surface area contributed by atoms with Crippen LogP contribution in [0.4, 0.5) is 4.79 Å². The second-order valence-corrected chi connectivity index (χ2v) is 7.52. The van der Waals surface area contributed by atoms with E-state index in [0.717, 1.165) is 24.4 Å². The van der Waals surface area contributed by atoms with Crippen LogP contribution in [0.25, 0.3) is 0 Å². The lowest BCUT2D eigenvalue weighted by atomic mass is 9.57. The zero-order valence-corrected chi connectivity index (χ0v) is 14.6. The lowest BCUT2D eigenvalue weighted by molar-refractivity contribution is -0.108. The molecule has 0 radical (unpaired) electrons. The van der Waals surface area contributed by atoms with Crippen molar-refractivity contribution in [3.63, 3.8) is 0 Å². The van der Waals surface area contributed by atoms with Gasteiger partial charge in [-0.1, -0.05) is 44.2 Å². The third kappa shape index (κ3) is 2.82. The first-order valence-corrected chi connectivity index (χ1v) is 8.84. The maximum absolute atomic E-state index is 12.7. The number of furan rings is 1. The number of urea groups is 1. The minimum atomic E-state index is -0.310. The van der Waals surface area contributed by atoms with Gasteiger partial charge in [0.05, 0.1) is 12.4 Å². The Balaban J connectivity index is 1.48. The number of ether oxygens (including phenoxy) is 1. The molecule has 0 bridgehead atoms. The van der Waals surface area contributed by atoms with E-state index in [1.807, 2.05) is 42.5 Å². The quantitative estimate of drug-likeness (QED) is 0.896. The van der Waals surface area contributed by atoms with Crippen molar-refractivity contribution in [2.75, 3.05) is 6.61 Å². The summed E-state index contributed by atoms with van der Waals surface area (Å²) in [5.74, 6) is 1.14. The molecule has 1 saturated heterocycles. The Bertz CT molecular complexity index is 727. The summed E-state index contributed by atoms with van der Waals surface area (Å²) >= 11 is 0. The molecule has 2 amide bonds. The van der Waals surface area contributed by atoms with Crippen LogP contribution in [-0.4, -0.2) is 24.8 Å². The van der Waals surface area contributed by atoms with Gasteiger partial charge >= 0.3 is 6.03 Å². The summed E-state index contributed by atoms with van der Waals surface area (Å²) < 4.78 is 11.3. The number of carbonyl (C=O) groups excluding carboxylic acids is 1. The predicted molar refractivity (Wildman–Crippen MR) is 94.1 cm³/mol. The highest BCUT2D eigenvalue weighted by molar-refractivity contribution is 5.75. The molecule has 5 nitrogen and oxygen atoms in total. The summed E-state index contributed by atoms with van der Waals surface area (Å²) in [5.41, 5.74) is 0.952. The van der Waals surface area contributed by atoms with Crippen LogP contribution in [0, 0.1) is 11.3 Å². The van der Waals surface area contributed by atoms with E-state index in [2.05, 4.69) is 24.5 Å². The Morgan fingerprint density at radius 1 is 1.20 bits per heavy atom. The summed E-state index contributed by atoms with van der Waals surface area (Å²) in [6.07, 6.45) is 2.90. The maximum atomic E-state index is 12.7. The number of amides is 2. The molecule has 5 heteroatoms. The molecule has 1 aliphatic carbocycles. The van der Waals surface area contributed by atoms with Crippen LogP contribution in [-0.2, 0) is 4.74 Å². The first kappa shape index (κ1) is 16.2. The maximum Gasteiger partial charge on any atom is 0.315 e. The van der Waals surface area contributed by atoms with E-state index in [4.69, 9.17) is 9.15 Å². The van der Waals surface area contributed by atoms with E-state index in [0.29, 0.717) is 5.92 Å². The van der Waals surface area contributed by atoms with Crippen LogP contribution in [0.2, 0.25) is 0 Å². The van der Waals surface area contributed by atoms with Crippen LogP contribution in [0.15, 0.2) is 53.1 Å². The van der Waals surface area contributed by atoms with Crippen molar-refractivity contribution in [2.24, 2.45) is 11.3 Å². The Kier molecular flexibility index (Phi) is 4.04. The predicted octanol–water partition coefficient (Wildman–Crippen LogP) is 3.48. The lowest BCUT2D eigenvalue weighted by Crippen LogP contribution is -2.67. The molecule has 4 unspecified atom stereocenters. The molecule has 25 heavy (non-hydrogen) atoms. The highest BCUT2D eigenvalue weighted by atomic mass is 16.5. The first-order valence-electron chi connectivity index (χ1n) is 8.84. The van der Waals surface area contributed by atoms with Crippen molar-refractivity contribution in [1.29, 1.82) is 0 Å². The minimum Gasteiger partial charge on any atom is -0.467 e.